The van der Waals surface area contributed by atoms with Gasteiger partial charge in [0.2, 0.25) is 0 Å². The molecule has 0 spiro atoms. The van der Waals surface area contributed by atoms with Crippen LogP contribution in [0, 0.1) is 11.3 Å². The topological polar surface area (TPSA) is 70.3 Å². The fourth-order valence-corrected chi connectivity index (χ4v) is 1.31. The molecule has 1 unspecified atom stereocenters. The number of benzene rings is 1. The third-order valence-corrected chi connectivity index (χ3v) is 2.04. The highest BCUT2D eigenvalue weighted by Crippen LogP contribution is 2.07. The zero-order valence-electron chi connectivity index (χ0n) is 9.01. The van der Waals surface area contributed by atoms with Crippen molar-refractivity contribution in [1.82, 2.24) is 0 Å². The van der Waals surface area contributed by atoms with Crippen molar-refractivity contribution < 1.29 is 14.6 Å². The van der Waals surface area contributed by atoms with E-state index in [1.54, 1.807) is 31.2 Å². The van der Waals surface area contributed by atoms with Gasteiger partial charge in [-0.1, -0.05) is 12.1 Å². The number of nitrogens with zero attached hydrogens (tertiary/aromatic N) is 1. The number of aliphatic hydroxyl groups excluding tert-OH is 1. The molecule has 0 fully saturated rings. The summed E-state index contributed by atoms with van der Waals surface area (Å²) in [5.74, 6) is -0.634. The van der Waals surface area contributed by atoms with Gasteiger partial charge in [0.15, 0.2) is 6.10 Å². The van der Waals surface area contributed by atoms with E-state index in [-0.39, 0.29) is 13.0 Å². The van der Waals surface area contributed by atoms with Crippen LogP contribution < -0.4 is 0 Å². The minimum Gasteiger partial charge on any atom is -0.464 e. The first-order valence-electron chi connectivity index (χ1n) is 5.01. The van der Waals surface area contributed by atoms with Crippen molar-refractivity contribution in [3.8, 4) is 6.07 Å². The molecule has 0 bridgehead atoms. The van der Waals surface area contributed by atoms with Crippen LogP contribution in [0.4, 0.5) is 0 Å². The molecule has 0 aliphatic carbocycles. The van der Waals surface area contributed by atoms with Crippen molar-refractivity contribution in [2.45, 2.75) is 19.4 Å². The number of carbonyl (C=O) groups excluding carboxylic acids is 1. The molecule has 16 heavy (non-hydrogen) atoms. The number of hydrogen-bond donors (Lipinski definition) is 1. The lowest BCUT2D eigenvalue weighted by molar-refractivity contribution is -0.152. The van der Waals surface area contributed by atoms with Crippen LogP contribution >= 0.6 is 0 Å². The molecule has 0 aromatic heterocycles. The van der Waals surface area contributed by atoms with Crippen molar-refractivity contribution in [2.24, 2.45) is 0 Å². The Morgan fingerprint density at radius 1 is 1.62 bits per heavy atom. The third kappa shape index (κ3) is 3.37. The van der Waals surface area contributed by atoms with Crippen molar-refractivity contribution >= 4 is 5.97 Å². The van der Waals surface area contributed by atoms with Crippen LogP contribution in [0.15, 0.2) is 24.3 Å². The maximum atomic E-state index is 11.2. The average molecular weight is 219 g/mol. The van der Waals surface area contributed by atoms with Gasteiger partial charge in [-0.15, -0.1) is 0 Å². The van der Waals surface area contributed by atoms with Crippen LogP contribution in [0.3, 0.4) is 0 Å². The van der Waals surface area contributed by atoms with E-state index >= 15 is 0 Å². The molecule has 1 N–H and O–H groups in total. The van der Waals surface area contributed by atoms with Gasteiger partial charge in [0.1, 0.15) is 0 Å². The quantitative estimate of drug-likeness (QED) is 0.768. The molecule has 4 nitrogen and oxygen atoms in total. The van der Waals surface area contributed by atoms with Gasteiger partial charge >= 0.3 is 5.97 Å². The summed E-state index contributed by atoms with van der Waals surface area (Å²) in [6.45, 7) is 1.93. The van der Waals surface area contributed by atoms with Gasteiger partial charge in [-0.3, -0.25) is 0 Å². The highest BCUT2D eigenvalue weighted by Gasteiger charge is 2.16. The summed E-state index contributed by atoms with van der Waals surface area (Å²) < 4.78 is 4.68. The summed E-state index contributed by atoms with van der Waals surface area (Å²) in [7, 11) is 0. The Bertz CT molecular complexity index is 409. The van der Waals surface area contributed by atoms with Gasteiger partial charge in [-0.25, -0.2) is 4.79 Å². The number of rotatable bonds is 4. The predicted octanol–water partition coefficient (Wildman–Crippen LogP) is 1.02. The lowest BCUT2D eigenvalue weighted by Gasteiger charge is -2.09. The van der Waals surface area contributed by atoms with Crippen molar-refractivity contribution in [1.29, 1.82) is 5.26 Å². The summed E-state index contributed by atoms with van der Waals surface area (Å²) in [6.07, 6.45) is -1.01. The van der Waals surface area contributed by atoms with Crippen LogP contribution in [0.2, 0.25) is 0 Å². The molecular weight excluding hydrogens is 206 g/mol. The molecule has 0 aliphatic rings. The predicted molar refractivity (Wildman–Crippen MR) is 57.5 cm³/mol. The summed E-state index contributed by atoms with van der Waals surface area (Å²) in [4.78, 5) is 11.2. The highest BCUT2D eigenvalue weighted by atomic mass is 16.5. The molecule has 0 saturated carbocycles. The zero-order chi connectivity index (χ0) is 12.0. The van der Waals surface area contributed by atoms with Gasteiger partial charge in [-0.2, -0.15) is 5.26 Å². The Morgan fingerprint density at radius 3 is 3.00 bits per heavy atom. The third-order valence-electron chi connectivity index (χ3n) is 2.04. The van der Waals surface area contributed by atoms with E-state index in [1.165, 1.54) is 0 Å². The molecule has 0 heterocycles. The molecule has 1 aromatic rings. The molecule has 1 aromatic carbocycles. The summed E-state index contributed by atoms with van der Waals surface area (Å²) in [5.41, 5.74) is 1.24. The van der Waals surface area contributed by atoms with Crippen molar-refractivity contribution in [3.63, 3.8) is 0 Å². The number of nitriles is 1. The first-order valence-corrected chi connectivity index (χ1v) is 5.01. The van der Waals surface area contributed by atoms with E-state index in [0.29, 0.717) is 5.56 Å². The van der Waals surface area contributed by atoms with E-state index in [1.807, 2.05) is 6.07 Å². The first-order chi connectivity index (χ1) is 7.67. The zero-order valence-corrected chi connectivity index (χ0v) is 9.01. The van der Waals surface area contributed by atoms with Gasteiger partial charge in [0.25, 0.3) is 0 Å². The maximum absolute atomic E-state index is 11.2. The molecule has 1 atom stereocenters. The standard InChI is InChI=1S/C12H13NO3/c1-2-16-12(15)11(14)7-9-4-3-5-10(6-9)8-13/h3-6,11,14H,2,7H2,1H3. The second kappa shape index (κ2) is 5.89. The Labute approximate surface area is 94.1 Å². The van der Waals surface area contributed by atoms with Crippen molar-refractivity contribution in [3.05, 3.63) is 35.4 Å². The molecule has 1 rings (SSSR count). The SMILES string of the molecule is CCOC(=O)C(O)Cc1cccc(C#N)c1. The van der Waals surface area contributed by atoms with Gasteiger partial charge in [-0.05, 0) is 24.6 Å². The number of carbonyl (C=O) groups is 1. The van der Waals surface area contributed by atoms with Crippen LogP contribution in [0.25, 0.3) is 0 Å². The fourth-order valence-electron chi connectivity index (χ4n) is 1.31. The molecule has 0 aliphatic heterocycles. The second-order valence-corrected chi connectivity index (χ2v) is 3.28. The summed E-state index contributed by atoms with van der Waals surface area (Å²) >= 11 is 0. The maximum Gasteiger partial charge on any atom is 0.335 e. The van der Waals surface area contributed by atoms with E-state index in [9.17, 15) is 9.90 Å². The fraction of sp³-hybridized carbons (Fsp3) is 0.333. The van der Waals surface area contributed by atoms with Crippen molar-refractivity contribution in [2.75, 3.05) is 6.61 Å². The molecular formula is C12H13NO3. The normalized spacial score (nSPS) is 11.6. The van der Waals surface area contributed by atoms with Crippen LogP contribution in [0.1, 0.15) is 18.1 Å². The minimum absolute atomic E-state index is 0.161. The Hall–Kier alpha value is -1.86. The molecule has 0 saturated heterocycles. The number of esters is 1. The van der Waals surface area contributed by atoms with Crippen LogP contribution in [-0.4, -0.2) is 23.8 Å². The van der Waals surface area contributed by atoms with Crippen LogP contribution in [0.5, 0.6) is 0 Å². The molecule has 0 amide bonds. The van der Waals surface area contributed by atoms with Gasteiger partial charge in [0, 0.05) is 6.42 Å². The van der Waals surface area contributed by atoms with E-state index < -0.39 is 12.1 Å². The highest BCUT2D eigenvalue weighted by molar-refractivity contribution is 5.74. The molecule has 84 valence electrons. The monoisotopic (exact) mass is 219 g/mol. The van der Waals surface area contributed by atoms with Gasteiger partial charge in [0.05, 0.1) is 18.2 Å². The number of ether oxygens (including phenoxy) is 1. The van der Waals surface area contributed by atoms with Crippen LogP contribution in [-0.2, 0) is 16.0 Å². The van der Waals surface area contributed by atoms with E-state index in [0.717, 1.165) is 5.56 Å². The summed E-state index contributed by atoms with van der Waals surface area (Å²) in [5, 5.41) is 18.2. The molecule has 0 radical (unpaired) electrons. The second-order valence-electron chi connectivity index (χ2n) is 3.28. The Morgan fingerprint density at radius 2 is 2.38 bits per heavy atom. The van der Waals surface area contributed by atoms with E-state index in [2.05, 4.69) is 4.74 Å². The van der Waals surface area contributed by atoms with Gasteiger partial charge < -0.3 is 9.84 Å². The summed E-state index contributed by atoms with van der Waals surface area (Å²) in [6, 6.07) is 8.77. The smallest absolute Gasteiger partial charge is 0.335 e. The largest absolute Gasteiger partial charge is 0.464 e. The Kier molecular flexibility index (Phi) is 4.49. The first kappa shape index (κ1) is 12.2. The lowest BCUT2D eigenvalue weighted by atomic mass is 10.1. The number of hydrogen-bond acceptors (Lipinski definition) is 4. The minimum atomic E-state index is -1.17. The molecule has 4 heteroatoms. The number of aliphatic hydroxyl groups is 1. The Balaban J connectivity index is 2.66. The average Bonchev–Trinajstić information content (AvgIpc) is 2.29. The lowest BCUT2D eigenvalue weighted by Crippen LogP contribution is -2.25. The van der Waals surface area contributed by atoms with E-state index in [4.69, 9.17) is 5.26 Å².